The molecule has 0 amide bonds. The van der Waals surface area contributed by atoms with Crippen LogP contribution in [-0.4, -0.2) is 36.7 Å². The molecular weight excluding hydrogens is 212 g/mol. The molecule has 0 aromatic carbocycles. The molecule has 90 valence electrons. The van der Waals surface area contributed by atoms with E-state index >= 15 is 0 Å². The Morgan fingerprint density at radius 1 is 1.50 bits per heavy atom. The summed E-state index contributed by atoms with van der Waals surface area (Å²) in [5.41, 5.74) is 0.287. The summed E-state index contributed by atoms with van der Waals surface area (Å²) in [5, 5.41) is 9.68. The molecule has 1 heterocycles. The highest BCUT2D eigenvalue weighted by Gasteiger charge is 2.43. The molecule has 0 saturated carbocycles. The summed E-state index contributed by atoms with van der Waals surface area (Å²) in [7, 11) is 0. The molecule has 0 bridgehead atoms. The lowest BCUT2D eigenvalue weighted by Crippen LogP contribution is -2.35. The molecular formula is C11H16O5. The molecule has 0 radical (unpaired) electrons. The predicted molar refractivity (Wildman–Crippen MR) is 54.8 cm³/mol. The summed E-state index contributed by atoms with van der Waals surface area (Å²) < 4.78 is 15.9. The fourth-order valence-electron chi connectivity index (χ4n) is 2.07. The van der Waals surface area contributed by atoms with E-state index in [-0.39, 0.29) is 17.8 Å². The molecule has 5 heteroatoms. The van der Waals surface area contributed by atoms with E-state index in [1.165, 1.54) is 0 Å². The Morgan fingerprint density at radius 3 is 2.81 bits per heavy atom. The van der Waals surface area contributed by atoms with Gasteiger partial charge in [0.15, 0.2) is 5.79 Å². The number of aliphatic hydroxyl groups is 1. The molecule has 1 aliphatic carbocycles. The van der Waals surface area contributed by atoms with E-state index in [0.717, 1.165) is 0 Å². The van der Waals surface area contributed by atoms with Gasteiger partial charge in [-0.1, -0.05) is 0 Å². The molecule has 1 fully saturated rings. The first-order valence-electron chi connectivity index (χ1n) is 5.53. The van der Waals surface area contributed by atoms with Crippen LogP contribution < -0.4 is 0 Å². The van der Waals surface area contributed by atoms with Crippen molar-refractivity contribution in [2.75, 3.05) is 19.8 Å². The smallest absolute Gasteiger partial charge is 0.337 e. The minimum absolute atomic E-state index is 0.100. The number of hydrogen-bond donors (Lipinski definition) is 1. The topological polar surface area (TPSA) is 65.0 Å². The highest BCUT2D eigenvalue weighted by molar-refractivity contribution is 5.89. The second-order valence-electron chi connectivity index (χ2n) is 3.93. The first kappa shape index (κ1) is 11.4. The average molecular weight is 228 g/mol. The monoisotopic (exact) mass is 228 g/mol. The number of carbonyl (C=O) groups excluding carboxylic acids is 1. The number of carbonyl (C=O) groups is 1. The molecule has 1 spiro atoms. The van der Waals surface area contributed by atoms with Gasteiger partial charge in [-0.3, -0.25) is 0 Å². The van der Waals surface area contributed by atoms with Crippen LogP contribution in [0.2, 0.25) is 0 Å². The number of esters is 1. The summed E-state index contributed by atoms with van der Waals surface area (Å²) in [5.74, 6) is -1.09. The quantitative estimate of drug-likeness (QED) is 0.721. The van der Waals surface area contributed by atoms with Gasteiger partial charge in [0.05, 0.1) is 25.4 Å². The summed E-state index contributed by atoms with van der Waals surface area (Å²) in [6, 6.07) is 0. The van der Waals surface area contributed by atoms with Gasteiger partial charge in [-0.05, 0) is 6.92 Å². The lowest BCUT2D eigenvalue weighted by Gasteiger charge is -2.31. The molecule has 1 saturated heterocycles. The largest absolute Gasteiger partial charge is 0.512 e. The lowest BCUT2D eigenvalue weighted by molar-refractivity contribution is -0.170. The molecule has 1 N–H and O–H groups in total. The molecule has 0 aromatic heterocycles. The lowest BCUT2D eigenvalue weighted by atomic mass is 9.92. The zero-order chi connectivity index (χ0) is 11.6. The van der Waals surface area contributed by atoms with Crippen molar-refractivity contribution in [2.24, 2.45) is 0 Å². The van der Waals surface area contributed by atoms with Crippen molar-refractivity contribution in [3.8, 4) is 0 Å². The highest BCUT2D eigenvalue weighted by Crippen LogP contribution is 2.38. The predicted octanol–water partition coefficient (Wildman–Crippen LogP) is 1.29. The van der Waals surface area contributed by atoms with Gasteiger partial charge in [-0.15, -0.1) is 0 Å². The number of aliphatic hydroxyl groups excluding tert-OH is 1. The molecule has 2 aliphatic rings. The molecule has 0 aromatic rings. The van der Waals surface area contributed by atoms with Gasteiger partial charge in [0.2, 0.25) is 0 Å². The summed E-state index contributed by atoms with van der Waals surface area (Å²) in [6.45, 7) is 3.11. The number of rotatable bonds is 2. The Balaban J connectivity index is 2.13. The Hall–Kier alpha value is -1.07. The highest BCUT2D eigenvalue weighted by atomic mass is 16.7. The van der Waals surface area contributed by atoms with Crippen LogP contribution in [0.15, 0.2) is 11.3 Å². The maximum atomic E-state index is 11.6. The van der Waals surface area contributed by atoms with Crippen molar-refractivity contribution in [2.45, 2.75) is 32.0 Å². The molecule has 16 heavy (non-hydrogen) atoms. The van der Waals surface area contributed by atoms with E-state index in [0.29, 0.717) is 32.7 Å². The number of hydrogen-bond acceptors (Lipinski definition) is 5. The molecule has 0 atom stereocenters. The van der Waals surface area contributed by atoms with Crippen LogP contribution in [-0.2, 0) is 19.0 Å². The van der Waals surface area contributed by atoms with E-state index in [2.05, 4.69) is 0 Å². The van der Waals surface area contributed by atoms with Crippen LogP contribution in [0.3, 0.4) is 0 Å². The normalized spacial score (nSPS) is 23.8. The van der Waals surface area contributed by atoms with Crippen LogP contribution in [0.4, 0.5) is 0 Å². The molecule has 1 aliphatic heterocycles. The van der Waals surface area contributed by atoms with E-state index in [1.54, 1.807) is 6.92 Å². The van der Waals surface area contributed by atoms with Gasteiger partial charge in [0, 0.05) is 19.3 Å². The summed E-state index contributed by atoms with van der Waals surface area (Å²) in [6.07, 6.45) is 1.26. The Morgan fingerprint density at radius 2 is 2.19 bits per heavy atom. The Kier molecular flexibility index (Phi) is 3.16. The molecule has 0 unspecified atom stereocenters. The van der Waals surface area contributed by atoms with Crippen LogP contribution in [0.25, 0.3) is 0 Å². The fourth-order valence-corrected chi connectivity index (χ4v) is 2.07. The third-order valence-corrected chi connectivity index (χ3v) is 2.87. The minimum atomic E-state index is -0.714. The average Bonchev–Trinajstić information content (AvgIpc) is 2.71. The van der Waals surface area contributed by atoms with Gasteiger partial charge in [0.25, 0.3) is 0 Å². The second-order valence-corrected chi connectivity index (χ2v) is 3.93. The first-order valence-corrected chi connectivity index (χ1v) is 5.53. The molecule has 2 rings (SSSR count). The standard InChI is InChI=1S/C11H16O5/c1-2-14-10(13)8-7-11(4-3-9(8)12)15-5-6-16-11/h12H,2-7H2,1H3. The third kappa shape index (κ3) is 2.05. The van der Waals surface area contributed by atoms with E-state index < -0.39 is 11.8 Å². The van der Waals surface area contributed by atoms with Gasteiger partial charge < -0.3 is 19.3 Å². The van der Waals surface area contributed by atoms with Crippen molar-refractivity contribution in [1.82, 2.24) is 0 Å². The second kappa shape index (κ2) is 4.43. The Labute approximate surface area is 94.0 Å². The fraction of sp³-hybridized carbons (Fsp3) is 0.727. The van der Waals surface area contributed by atoms with E-state index in [1.807, 2.05) is 0 Å². The summed E-state index contributed by atoms with van der Waals surface area (Å²) >= 11 is 0. The van der Waals surface area contributed by atoms with E-state index in [4.69, 9.17) is 14.2 Å². The maximum Gasteiger partial charge on any atom is 0.337 e. The Bertz CT molecular complexity index is 314. The summed E-state index contributed by atoms with van der Waals surface area (Å²) in [4.78, 5) is 11.6. The first-order chi connectivity index (χ1) is 7.67. The van der Waals surface area contributed by atoms with Crippen LogP contribution >= 0.6 is 0 Å². The van der Waals surface area contributed by atoms with Crippen LogP contribution in [0.1, 0.15) is 26.2 Å². The van der Waals surface area contributed by atoms with Gasteiger partial charge in [-0.25, -0.2) is 4.79 Å². The van der Waals surface area contributed by atoms with Gasteiger partial charge >= 0.3 is 5.97 Å². The van der Waals surface area contributed by atoms with E-state index in [9.17, 15) is 9.90 Å². The van der Waals surface area contributed by atoms with Crippen molar-refractivity contribution in [3.63, 3.8) is 0 Å². The SMILES string of the molecule is CCOC(=O)C1=C(O)CCC2(C1)OCCO2. The number of ether oxygens (including phenoxy) is 3. The zero-order valence-electron chi connectivity index (χ0n) is 9.32. The van der Waals surface area contributed by atoms with Crippen molar-refractivity contribution in [3.05, 3.63) is 11.3 Å². The third-order valence-electron chi connectivity index (χ3n) is 2.87. The number of allylic oxidation sites excluding steroid dienone is 1. The van der Waals surface area contributed by atoms with Crippen LogP contribution in [0, 0.1) is 0 Å². The van der Waals surface area contributed by atoms with Crippen molar-refractivity contribution in [1.29, 1.82) is 0 Å². The zero-order valence-corrected chi connectivity index (χ0v) is 9.32. The minimum Gasteiger partial charge on any atom is -0.512 e. The maximum absolute atomic E-state index is 11.6. The van der Waals surface area contributed by atoms with Crippen molar-refractivity contribution >= 4 is 5.97 Å². The van der Waals surface area contributed by atoms with Gasteiger partial charge in [0.1, 0.15) is 5.76 Å². The van der Waals surface area contributed by atoms with Crippen molar-refractivity contribution < 1.29 is 24.1 Å². The molecule has 5 nitrogen and oxygen atoms in total. The van der Waals surface area contributed by atoms with Crippen LogP contribution in [0.5, 0.6) is 0 Å². The van der Waals surface area contributed by atoms with Gasteiger partial charge in [-0.2, -0.15) is 0 Å².